The number of carbonyl (C=O) groups excluding carboxylic acids is 1. The van der Waals surface area contributed by atoms with Crippen LogP contribution in [0, 0.1) is 0 Å². The number of amides is 1. The number of aromatic nitrogens is 3. The van der Waals surface area contributed by atoms with Gasteiger partial charge in [-0.2, -0.15) is 0 Å². The van der Waals surface area contributed by atoms with Crippen molar-refractivity contribution in [3.8, 4) is 0 Å². The van der Waals surface area contributed by atoms with Crippen molar-refractivity contribution >= 4 is 33.3 Å². The van der Waals surface area contributed by atoms with E-state index in [1.807, 2.05) is 22.2 Å². The van der Waals surface area contributed by atoms with Crippen LogP contribution in [0.1, 0.15) is 5.69 Å². The molecular formula is C15H12N4O3S. The smallest absolute Gasteiger partial charge is 0.408 e. The lowest BCUT2D eigenvalue weighted by molar-refractivity contribution is -0.121. The normalized spacial score (nSPS) is 11.3. The number of hydrogen-bond acceptors (Lipinski definition) is 5. The summed E-state index contributed by atoms with van der Waals surface area (Å²) in [6.07, 6.45) is 3.78. The molecule has 0 saturated heterocycles. The van der Waals surface area contributed by atoms with Crippen LogP contribution in [0.25, 0.3) is 16.1 Å². The van der Waals surface area contributed by atoms with E-state index in [2.05, 4.69) is 10.3 Å². The second kappa shape index (κ2) is 5.40. The number of carbonyl (C=O) groups is 1. The van der Waals surface area contributed by atoms with Crippen LogP contribution in [0.3, 0.4) is 0 Å². The predicted octanol–water partition coefficient (Wildman–Crippen LogP) is 1.62. The van der Waals surface area contributed by atoms with Crippen molar-refractivity contribution in [2.45, 2.75) is 13.1 Å². The molecule has 1 N–H and O–H groups in total. The minimum Gasteiger partial charge on any atom is -0.408 e. The van der Waals surface area contributed by atoms with Gasteiger partial charge in [0.1, 0.15) is 6.54 Å². The van der Waals surface area contributed by atoms with Gasteiger partial charge in [-0.25, -0.2) is 9.78 Å². The van der Waals surface area contributed by atoms with Crippen LogP contribution < -0.4 is 11.1 Å². The van der Waals surface area contributed by atoms with E-state index in [1.54, 1.807) is 24.3 Å². The van der Waals surface area contributed by atoms with Crippen molar-refractivity contribution in [3.63, 3.8) is 0 Å². The van der Waals surface area contributed by atoms with E-state index in [-0.39, 0.29) is 12.5 Å². The fourth-order valence-corrected chi connectivity index (χ4v) is 3.13. The minimum absolute atomic E-state index is 0.0853. The van der Waals surface area contributed by atoms with Crippen LogP contribution >= 0.6 is 11.3 Å². The van der Waals surface area contributed by atoms with E-state index in [9.17, 15) is 9.59 Å². The predicted molar refractivity (Wildman–Crippen MR) is 85.4 cm³/mol. The summed E-state index contributed by atoms with van der Waals surface area (Å²) in [5.74, 6) is -0.807. The Balaban J connectivity index is 1.48. The zero-order valence-electron chi connectivity index (χ0n) is 11.9. The van der Waals surface area contributed by atoms with Gasteiger partial charge >= 0.3 is 5.76 Å². The summed E-state index contributed by atoms with van der Waals surface area (Å²) >= 11 is 1.53. The first kappa shape index (κ1) is 13.8. The Morgan fingerprint density at radius 3 is 3.09 bits per heavy atom. The highest BCUT2D eigenvalue weighted by Gasteiger charge is 2.12. The van der Waals surface area contributed by atoms with Gasteiger partial charge in [0, 0.05) is 17.8 Å². The lowest BCUT2D eigenvalue weighted by Gasteiger charge is -2.03. The summed E-state index contributed by atoms with van der Waals surface area (Å²) in [6, 6.07) is 7.02. The monoisotopic (exact) mass is 328 g/mol. The molecule has 8 heteroatoms. The third-order valence-electron chi connectivity index (χ3n) is 3.49. The number of hydrogen-bond donors (Lipinski definition) is 1. The Hall–Kier alpha value is -2.87. The summed E-state index contributed by atoms with van der Waals surface area (Å²) in [5.41, 5.74) is 1.85. The Morgan fingerprint density at radius 1 is 1.35 bits per heavy atom. The van der Waals surface area contributed by atoms with Crippen LogP contribution in [0.4, 0.5) is 0 Å². The fourth-order valence-electron chi connectivity index (χ4n) is 2.41. The number of fused-ring (bicyclic) bond motifs is 2. The highest BCUT2D eigenvalue weighted by atomic mass is 32.1. The van der Waals surface area contributed by atoms with E-state index < -0.39 is 5.76 Å². The molecule has 0 aliphatic heterocycles. The maximum absolute atomic E-state index is 12.1. The molecule has 0 atom stereocenters. The first-order chi connectivity index (χ1) is 11.2. The van der Waals surface area contributed by atoms with Gasteiger partial charge in [0.2, 0.25) is 5.91 Å². The van der Waals surface area contributed by atoms with Crippen LogP contribution in [0.2, 0.25) is 0 Å². The number of para-hydroxylation sites is 2. The van der Waals surface area contributed by atoms with Crippen molar-refractivity contribution in [1.29, 1.82) is 0 Å². The summed E-state index contributed by atoms with van der Waals surface area (Å²) in [6.45, 7) is 0.232. The lowest BCUT2D eigenvalue weighted by atomic mass is 10.3. The zero-order chi connectivity index (χ0) is 15.8. The maximum Gasteiger partial charge on any atom is 0.420 e. The van der Waals surface area contributed by atoms with E-state index in [4.69, 9.17) is 4.42 Å². The molecule has 0 unspecified atom stereocenters. The Bertz CT molecular complexity index is 1030. The highest BCUT2D eigenvalue weighted by Crippen LogP contribution is 2.12. The average molecular weight is 328 g/mol. The largest absolute Gasteiger partial charge is 0.420 e. The van der Waals surface area contributed by atoms with Crippen molar-refractivity contribution in [2.75, 3.05) is 0 Å². The van der Waals surface area contributed by atoms with Crippen LogP contribution in [-0.2, 0) is 17.9 Å². The molecule has 1 amide bonds. The molecule has 4 rings (SSSR count). The summed E-state index contributed by atoms with van der Waals surface area (Å²) in [4.78, 5) is 29.2. The summed E-state index contributed by atoms with van der Waals surface area (Å²) < 4.78 is 8.32. The molecule has 0 radical (unpaired) electrons. The first-order valence-electron chi connectivity index (χ1n) is 6.97. The molecule has 0 bridgehead atoms. The highest BCUT2D eigenvalue weighted by molar-refractivity contribution is 7.15. The van der Waals surface area contributed by atoms with E-state index in [0.717, 1.165) is 10.7 Å². The van der Waals surface area contributed by atoms with Crippen molar-refractivity contribution < 1.29 is 9.21 Å². The number of benzene rings is 1. The molecule has 0 fully saturated rings. The molecule has 7 nitrogen and oxygen atoms in total. The topological polar surface area (TPSA) is 81.5 Å². The van der Waals surface area contributed by atoms with Crippen LogP contribution in [0.5, 0.6) is 0 Å². The van der Waals surface area contributed by atoms with Crippen molar-refractivity contribution in [3.05, 3.63) is 58.3 Å². The molecule has 4 aromatic rings. The molecule has 0 spiro atoms. The van der Waals surface area contributed by atoms with Crippen molar-refractivity contribution in [2.24, 2.45) is 0 Å². The average Bonchev–Trinajstić information content (AvgIpc) is 3.19. The number of thiazole rings is 1. The molecular weight excluding hydrogens is 316 g/mol. The Kier molecular flexibility index (Phi) is 3.23. The zero-order valence-corrected chi connectivity index (χ0v) is 12.7. The standard InChI is InChI=1S/C15H12N4O3S/c20-13(16-7-10-8-18-5-6-23-14(18)17-10)9-19-11-3-1-2-4-12(11)22-15(19)21/h1-6,8H,7,9H2,(H,16,20). The summed E-state index contributed by atoms with van der Waals surface area (Å²) in [5, 5.41) is 4.71. The number of nitrogens with one attached hydrogen (secondary N) is 1. The molecule has 3 heterocycles. The quantitative estimate of drug-likeness (QED) is 0.617. The second-order valence-electron chi connectivity index (χ2n) is 5.02. The van der Waals surface area contributed by atoms with E-state index in [0.29, 0.717) is 17.6 Å². The molecule has 0 saturated carbocycles. The molecule has 0 aliphatic rings. The van der Waals surface area contributed by atoms with Gasteiger partial charge < -0.3 is 9.73 Å². The van der Waals surface area contributed by atoms with Gasteiger partial charge in [-0.1, -0.05) is 12.1 Å². The van der Waals surface area contributed by atoms with Gasteiger partial charge in [-0.3, -0.25) is 13.8 Å². The van der Waals surface area contributed by atoms with Crippen LogP contribution in [0.15, 0.2) is 51.3 Å². The van der Waals surface area contributed by atoms with Gasteiger partial charge in [0.15, 0.2) is 10.5 Å². The van der Waals surface area contributed by atoms with Gasteiger partial charge in [0.25, 0.3) is 0 Å². The van der Waals surface area contributed by atoms with E-state index in [1.165, 1.54) is 15.9 Å². The number of imidazole rings is 1. The third kappa shape index (κ3) is 2.53. The second-order valence-corrected chi connectivity index (χ2v) is 5.90. The maximum atomic E-state index is 12.1. The Morgan fingerprint density at radius 2 is 2.22 bits per heavy atom. The van der Waals surface area contributed by atoms with Crippen LogP contribution in [-0.4, -0.2) is 19.9 Å². The first-order valence-corrected chi connectivity index (χ1v) is 7.85. The van der Waals surface area contributed by atoms with Crippen molar-refractivity contribution in [1.82, 2.24) is 19.3 Å². The Labute approximate surface area is 133 Å². The molecule has 23 heavy (non-hydrogen) atoms. The number of nitrogens with zero attached hydrogens (tertiary/aromatic N) is 3. The third-order valence-corrected chi connectivity index (χ3v) is 4.26. The van der Waals surface area contributed by atoms with Gasteiger partial charge in [0.05, 0.1) is 17.8 Å². The minimum atomic E-state index is -0.538. The SMILES string of the molecule is O=C(Cn1c(=O)oc2ccccc21)NCc1cn2ccsc2n1. The molecule has 116 valence electrons. The number of rotatable bonds is 4. The number of oxazole rings is 1. The molecule has 1 aromatic carbocycles. The van der Waals surface area contributed by atoms with E-state index >= 15 is 0 Å². The molecule has 0 aliphatic carbocycles. The lowest BCUT2D eigenvalue weighted by Crippen LogP contribution is -2.30. The van der Waals surface area contributed by atoms with Gasteiger partial charge in [-0.15, -0.1) is 11.3 Å². The molecule has 3 aromatic heterocycles. The van der Waals surface area contributed by atoms with Gasteiger partial charge in [-0.05, 0) is 12.1 Å². The fraction of sp³-hybridized carbons (Fsp3) is 0.133. The summed E-state index contributed by atoms with van der Waals surface area (Å²) in [7, 11) is 0.